The van der Waals surface area contributed by atoms with Crippen LogP contribution in [0.1, 0.15) is 58.3 Å². The molecule has 116 valence electrons. The van der Waals surface area contributed by atoms with E-state index >= 15 is 0 Å². The van der Waals surface area contributed by atoms with Gasteiger partial charge in [-0.2, -0.15) is 0 Å². The molecule has 1 aliphatic heterocycles. The number of ether oxygens (including phenoxy) is 1. The van der Waals surface area contributed by atoms with Crippen molar-refractivity contribution in [3.63, 3.8) is 0 Å². The number of amides is 1. The first-order valence-corrected chi connectivity index (χ1v) is 8.44. The molecule has 1 saturated heterocycles. The van der Waals surface area contributed by atoms with Gasteiger partial charge in [-0.15, -0.1) is 0 Å². The van der Waals surface area contributed by atoms with E-state index in [0.29, 0.717) is 6.04 Å². The zero-order valence-corrected chi connectivity index (χ0v) is 12.8. The molecule has 0 radical (unpaired) electrons. The van der Waals surface area contributed by atoms with E-state index in [9.17, 15) is 4.79 Å². The van der Waals surface area contributed by atoms with E-state index in [1.807, 2.05) is 0 Å². The van der Waals surface area contributed by atoms with Crippen LogP contribution in [0.2, 0.25) is 0 Å². The lowest BCUT2D eigenvalue weighted by Gasteiger charge is -2.18. The van der Waals surface area contributed by atoms with Crippen LogP contribution in [0, 0.1) is 5.92 Å². The van der Waals surface area contributed by atoms with Crippen LogP contribution in [0.25, 0.3) is 0 Å². The highest BCUT2D eigenvalue weighted by Crippen LogP contribution is 2.23. The minimum Gasteiger partial charge on any atom is -0.377 e. The molecule has 1 heterocycles. The molecule has 0 aromatic heterocycles. The van der Waals surface area contributed by atoms with E-state index in [2.05, 4.69) is 17.6 Å². The van der Waals surface area contributed by atoms with Gasteiger partial charge in [-0.25, -0.2) is 0 Å². The third-order valence-corrected chi connectivity index (χ3v) is 4.66. The SMILES string of the molecule is CCC1OCCC1C(=O)NCCNC1CCCCCC1. The lowest BCUT2D eigenvalue weighted by molar-refractivity contribution is -0.126. The van der Waals surface area contributed by atoms with Crippen molar-refractivity contribution in [3.05, 3.63) is 0 Å². The second kappa shape index (κ2) is 8.63. The Bertz CT molecular complexity index is 288. The predicted octanol–water partition coefficient (Wildman–Crippen LogP) is 2.23. The minimum absolute atomic E-state index is 0.0675. The lowest BCUT2D eigenvalue weighted by Crippen LogP contribution is -2.40. The molecule has 0 bridgehead atoms. The van der Waals surface area contributed by atoms with Crippen molar-refractivity contribution in [3.8, 4) is 0 Å². The second-order valence-corrected chi connectivity index (χ2v) is 6.15. The molecule has 2 fully saturated rings. The summed E-state index contributed by atoms with van der Waals surface area (Å²) in [4.78, 5) is 12.1. The molecule has 2 aliphatic rings. The Morgan fingerprint density at radius 1 is 1.10 bits per heavy atom. The van der Waals surface area contributed by atoms with Crippen molar-refractivity contribution in [2.24, 2.45) is 5.92 Å². The van der Waals surface area contributed by atoms with Crippen LogP contribution in [-0.4, -0.2) is 37.7 Å². The molecule has 2 rings (SSSR count). The molecule has 20 heavy (non-hydrogen) atoms. The van der Waals surface area contributed by atoms with Crippen molar-refractivity contribution >= 4 is 5.91 Å². The molecule has 0 spiro atoms. The zero-order chi connectivity index (χ0) is 14.2. The summed E-state index contributed by atoms with van der Waals surface area (Å²) in [6.45, 7) is 4.45. The van der Waals surface area contributed by atoms with Gasteiger partial charge in [-0.3, -0.25) is 4.79 Å². The standard InChI is InChI=1S/C16H30N2O2/c1-2-15-14(9-12-20-15)16(19)18-11-10-17-13-7-5-3-4-6-8-13/h13-15,17H,2-12H2,1H3,(H,18,19). The molecule has 2 N–H and O–H groups in total. The van der Waals surface area contributed by atoms with Gasteiger partial charge in [0.25, 0.3) is 0 Å². The maximum absolute atomic E-state index is 12.1. The Morgan fingerprint density at radius 2 is 1.85 bits per heavy atom. The zero-order valence-electron chi connectivity index (χ0n) is 12.8. The molecule has 1 saturated carbocycles. The van der Waals surface area contributed by atoms with Crippen molar-refractivity contribution in [1.29, 1.82) is 0 Å². The van der Waals surface area contributed by atoms with Crippen LogP contribution in [-0.2, 0) is 9.53 Å². The fourth-order valence-corrected chi connectivity index (χ4v) is 3.43. The Hall–Kier alpha value is -0.610. The number of carbonyl (C=O) groups excluding carboxylic acids is 1. The first kappa shape index (κ1) is 15.8. The Balaban J connectivity index is 1.59. The summed E-state index contributed by atoms with van der Waals surface area (Å²) in [5.74, 6) is 0.245. The Labute approximate surface area is 123 Å². The number of carbonyl (C=O) groups is 1. The summed E-state index contributed by atoms with van der Waals surface area (Å²) in [6, 6.07) is 0.660. The first-order valence-electron chi connectivity index (χ1n) is 8.44. The van der Waals surface area contributed by atoms with Gasteiger partial charge in [0.05, 0.1) is 12.0 Å². The molecule has 1 amide bonds. The average molecular weight is 282 g/mol. The van der Waals surface area contributed by atoms with Gasteiger partial charge in [-0.1, -0.05) is 32.6 Å². The van der Waals surface area contributed by atoms with Crippen LogP contribution in [0.5, 0.6) is 0 Å². The predicted molar refractivity (Wildman–Crippen MR) is 80.6 cm³/mol. The topological polar surface area (TPSA) is 50.4 Å². The summed E-state index contributed by atoms with van der Waals surface area (Å²) >= 11 is 0. The normalized spacial score (nSPS) is 28.2. The van der Waals surface area contributed by atoms with Gasteiger partial charge < -0.3 is 15.4 Å². The highest BCUT2D eigenvalue weighted by molar-refractivity contribution is 5.79. The summed E-state index contributed by atoms with van der Waals surface area (Å²) in [7, 11) is 0. The molecular formula is C16H30N2O2. The van der Waals surface area contributed by atoms with Gasteiger partial charge in [0.1, 0.15) is 0 Å². The molecule has 0 aromatic rings. The largest absolute Gasteiger partial charge is 0.377 e. The summed E-state index contributed by atoms with van der Waals surface area (Å²) in [6.07, 6.45) is 9.99. The number of hydrogen-bond donors (Lipinski definition) is 2. The van der Waals surface area contributed by atoms with Crippen LogP contribution in [0.4, 0.5) is 0 Å². The quantitative estimate of drug-likeness (QED) is 0.580. The van der Waals surface area contributed by atoms with Crippen LogP contribution < -0.4 is 10.6 Å². The molecule has 4 nitrogen and oxygen atoms in total. The smallest absolute Gasteiger partial charge is 0.225 e. The molecular weight excluding hydrogens is 252 g/mol. The Kier molecular flexibility index (Phi) is 6.80. The minimum atomic E-state index is 0.0675. The van der Waals surface area contributed by atoms with E-state index in [-0.39, 0.29) is 17.9 Å². The van der Waals surface area contributed by atoms with Crippen molar-refractivity contribution < 1.29 is 9.53 Å². The van der Waals surface area contributed by atoms with Gasteiger partial charge in [0.2, 0.25) is 5.91 Å². The highest BCUT2D eigenvalue weighted by Gasteiger charge is 2.32. The number of hydrogen-bond acceptors (Lipinski definition) is 3. The van der Waals surface area contributed by atoms with Crippen LogP contribution in [0.15, 0.2) is 0 Å². The maximum Gasteiger partial charge on any atom is 0.225 e. The van der Waals surface area contributed by atoms with Crippen LogP contribution >= 0.6 is 0 Å². The van der Waals surface area contributed by atoms with E-state index in [1.54, 1.807) is 0 Å². The Morgan fingerprint density at radius 3 is 2.55 bits per heavy atom. The first-order chi connectivity index (χ1) is 9.81. The van der Waals surface area contributed by atoms with Crippen molar-refractivity contribution in [2.75, 3.05) is 19.7 Å². The van der Waals surface area contributed by atoms with E-state index in [1.165, 1.54) is 38.5 Å². The summed E-state index contributed by atoms with van der Waals surface area (Å²) in [5.41, 5.74) is 0. The molecule has 0 aromatic carbocycles. The number of rotatable bonds is 6. The van der Waals surface area contributed by atoms with E-state index < -0.39 is 0 Å². The lowest BCUT2D eigenvalue weighted by atomic mass is 9.99. The van der Waals surface area contributed by atoms with Gasteiger partial charge in [0.15, 0.2) is 0 Å². The fraction of sp³-hybridized carbons (Fsp3) is 0.938. The summed E-state index contributed by atoms with van der Waals surface area (Å²) in [5, 5.41) is 6.65. The molecule has 2 unspecified atom stereocenters. The fourth-order valence-electron chi connectivity index (χ4n) is 3.43. The third-order valence-electron chi connectivity index (χ3n) is 4.66. The average Bonchev–Trinajstić information content (AvgIpc) is 2.80. The molecule has 4 heteroatoms. The summed E-state index contributed by atoms with van der Waals surface area (Å²) < 4.78 is 5.57. The monoisotopic (exact) mass is 282 g/mol. The van der Waals surface area contributed by atoms with E-state index in [4.69, 9.17) is 4.74 Å². The highest BCUT2D eigenvalue weighted by atomic mass is 16.5. The number of nitrogens with one attached hydrogen (secondary N) is 2. The van der Waals surface area contributed by atoms with E-state index in [0.717, 1.165) is 32.5 Å². The van der Waals surface area contributed by atoms with Gasteiger partial charge in [-0.05, 0) is 25.7 Å². The third kappa shape index (κ3) is 4.74. The van der Waals surface area contributed by atoms with Crippen molar-refractivity contribution in [2.45, 2.75) is 70.4 Å². The maximum atomic E-state index is 12.1. The van der Waals surface area contributed by atoms with Gasteiger partial charge >= 0.3 is 0 Å². The molecule has 2 atom stereocenters. The van der Waals surface area contributed by atoms with Crippen LogP contribution in [0.3, 0.4) is 0 Å². The molecule has 1 aliphatic carbocycles. The van der Waals surface area contributed by atoms with Gasteiger partial charge in [0, 0.05) is 25.7 Å². The van der Waals surface area contributed by atoms with Crippen molar-refractivity contribution in [1.82, 2.24) is 10.6 Å². The second-order valence-electron chi connectivity index (χ2n) is 6.15.